The quantitative estimate of drug-likeness (QED) is 0.249. The minimum absolute atomic E-state index is 0.188. The van der Waals surface area contributed by atoms with Gasteiger partial charge in [-0.3, -0.25) is 14.6 Å². The highest BCUT2D eigenvalue weighted by Crippen LogP contribution is 2.45. The van der Waals surface area contributed by atoms with Gasteiger partial charge in [0.2, 0.25) is 0 Å². The van der Waals surface area contributed by atoms with Crippen LogP contribution in [0.5, 0.6) is 0 Å². The number of hydrogen-bond donors (Lipinski definition) is 2. The van der Waals surface area contributed by atoms with Crippen LogP contribution in [0.4, 0.5) is 5.69 Å². The van der Waals surface area contributed by atoms with E-state index in [1.165, 1.54) is 11.3 Å². The number of likely N-dealkylation sites (tertiary alicyclic amines) is 1. The summed E-state index contributed by atoms with van der Waals surface area (Å²) in [5.41, 5.74) is 3.32. The van der Waals surface area contributed by atoms with Gasteiger partial charge in [0.05, 0.1) is 26.0 Å². The van der Waals surface area contributed by atoms with Crippen LogP contribution in [0.2, 0.25) is 5.02 Å². The summed E-state index contributed by atoms with van der Waals surface area (Å²) in [5, 5.41) is 13.3. The van der Waals surface area contributed by atoms with Crippen LogP contribution in [0, 0.1) is 0 Å². The predicted molar refractivity (Wildman–Crippen MR) is 158 cm³/mol. The lowest BCUT2D eigenvalue weighted by atomic mass is 9.89. The summed E-state index contributed by atoms with van der Waals surface area (Å²) in [6.07, 6.45) is 7.11. The predicted octanol–water partition coefficient (Wildman–Crippen LogP) is 6.71. The van der Waals surface area contributed by atoms with Crippen LogP contribution in [0.25, 0.3) is 10.4 Å². The highest BCUT2D eigenvalue weighted by molar-refractivity contribution is 7.15. The van der Waals surface area contributed by atoms with Crippen molar-refractivity contribution in [3.8, 4) is 10.4 Å². The van der Waals surface area contributed by atoms with Crippen LogP contribution in [-0.2, 0) is 0 Å². The second kappa shape index (κ2) is 11.4. The SMILES string of the molecule is O=C(O)c1ccc(C2CCN(C(=O)c3cc(NC(=O)c4nc(C5CC5)sc4-c4cccnc4)ccc3Cl)CC2)cc1. The van der Waals surface area contributed by atoms with E-state index in [2.05, 4.69) is 15.3 Å². The average Bonchev–Trinajstić information content (AvgIpc) is 3.76. The van der Waals surface area contributed by atoms with E-state index in [0.29, 0.717) is 41.0 Å². The van der Waals surface area contributed by atoms with Gasteiger partial charge in [-0.15, -0.1) is 11.3 Å². The minimum Gasteiger partial charge on any atom is -0.478 e. The molecule has 0 bridgehead atoms. The third-order valence-electron chi connectivity index (χ3n) is 7.57. The number of carbonyl (C=O) groups excluding carboxylic acids is 2. The molecule has 4 aromatic rings. The first-order valence-corrected chi connectivity index (χ1v) is 14.7. The number of benzene rings is 2. The zero-order chi connectivity index (χ0) is 28.5. The summed E-state index contributed by atoms with van der Waals surface area (Å²) >= 11 is 7.99. The fourth-order valence-electron chi connectivity index (χ4n) is 5.13. The molecule has 0 atom stereocenters. The highest BCUT2D eigenvalue weighted by atomic mass is 35.5. The Labute approximate surface area is 246 Å². The molecule has 208 valence electrons. The lowest BCUT2D eigenvalue weighted by Crippen LogP contribution is -2.38. The summed E-state index contributed by atoms with van der Waals surface area (Å²) < 4.78 is 0. The third-order valence-corrected chi connectivity index (χ3v) is 9.17. The van der Waals surface area contributed by atoms with Crippen molar-refractivity contribution < 1.29 is 19.5 Å². The van der Waals surface area contributed by atoms with Gasteiger partial charge in [-0.05, 0) is 73.6 Å². The van der Waals surface area contributed by atoms with Crippen molar-refractivity contribution in [1.29, 1.82) is 0 Å². The first-order valence-electron chi connectivity index (χ1n) is 13.5. The van der Waals surface area contributed by atoms with E-state index < -0.39 is 5.97 Å². The number of aromatic nitrogens is 2. The van der Waals surface area contributed by atoms with E-state index in [-0.39, 0.29) is 23.3 Å². The van der Waals surface area contributed by atoms with Gasteiger partial charge in [0.1, 0.15) is 5.69 Å². The van der Waals surface area contributed by atoms with Gasteiger partial charge in [0, 0.05) is 42.7 Å². The monoisotopic (exact) mass is 586 g/mol. The molecule has 3 heterocycles. The Kier molecular flexibility index (Phi) is 7.55. The molecule has 2 fully saturated rings. The summed E-state index contributed by atoms with van der Waals surface area (Å²) in [4.78, 5) is 49.5. The molecule has 8 nitrogen and oxygen atoms in total. The normalized spacial score (nSPS) is 15.5. The second-order valence-electron chi connectivity index (χ2n) is 10.4. The van der Waals surface area contributed by atoms with Crippen LogP contribution >= 0.6 is 22.9 Å². The van der Waals surface area contributed by atoms with Crippen molar-refractivity contribution in [3.05, 3.63) is 99.4 Å². The standard InChI is InChI=1S/C31H27ClN4O4S/c32-25-10-9-23(34-28(37)26-27(22-2-1-13-33-17-22)41-29(35-26)20-5-6-20)16-24(25)30(38)36-14-11-19(12-15-36)18-3-7-21(8-4-18)31(39)40/h1-4,7-10,13,16-17,19-20H,5-6,11-12,14-15H2,(H,34,37)(H,39,40). The van der Waals surface area contributed by atoms with Gasteiger partial charge in [0.25, 0.3) is 11.8 Å². The molecule has 1 saturated heterocycles. The molecular weight excluding hydrogens is 560 g/mol. The maximum absolute atomic E-state index is 13.5. The molecule has 6 rings (SSSR count). The maximum atomic E-state index is 13.5. The number of amides is 2. The van der Waals surface area contributed by atoms with Crippen molar-refractivity contribution in [2.24, 2.45) is 0 Å². The number of carboxylic acids is 1. The Morgan fingerprint density at radius 3 is 2.39 bits per heavy atom. The molecule has 1 aliphatic heterocycles. The Morgan fingerprint density at radius 1 is 0.976 bits per heavy atom. The highest BCUT2D eigenvalue weighted by Gasteiger charge is 2.31. The number of aromatic carboxylic acids is 1. The van der Waals surface area contributed by atoms with E-state index in [1.54, 1.807) is 47.6 Å². The van der Waals surface area contributed by atoms with Crippen molar-refractivity contribution in [3.63, 3.8) is 0 Å². The Morgan fingerprint density at radius 2 is 1.73 bits per heavy atom. The van der Waals surface area contributed by atoms with E-state index in [1.807, 2.05) is 24.3 Å². The van der Waals surface area contributed by atoms with Gasteiger partial charge in [-0.25, -0.2) is 9.78 Å². The summed E-state index contributed by atoms with van der Waals surface area (Å²) in [6, 6.07) is 15.6. The number of piperidine rings is 1. The van der Waals surface area contributed by atoms with E-state index in [4.69, 9.17) is 16.7 Å². The van der Waals surface area contributed by atoms with Crippen LogP contribution in [0.3, 0.4) is 0 Å². The first kappa shape index (κ1) is 27.1. The molecule has 2 amide bonds. The van der Waals surface area contributed by atoms with Crippen LogP contribution in [0.15, 0.2) is 67.0 Å². The summed E-state index contributed by atoms with van der Waals surface area (Å²) in [5.74, 6) is -0.828. The van der Waals surface area contributed by atoms with Gasteiger partial charge in [-0.1, -0.05) is 29.8 Å². The molecule has 2 N–H and O–H groups in total. The van der Waals surface area contributed by atoms with Crippen molar-refractivity contribution in [2.45, 2.75) is 37.5 Å². The zero-order valence-electron chi connectivity index (χ0n) is 22.0. The summed E-state index contributed by atoms with van der Waals surface area (Å²) in [7, 11) is 0. The molecule has 10 heteroatoms. The number of carbonyl (C=O) groups is 3. The first-order chi connectivity index (χ1) is 19.9. The van der Waals surface area contributed by atoms with Crippen molar-refractivity contribution >= 4 is 46.4 Å². The molecule has 41 heavy (non-hydrogen) atoms. The smallest absolute Gasteiger partial charge is 0.335 e. The topological polar surface area (TPSA) is 112 Å². The van der Waals surface area contributed by atoms with Gasteiger partial charge >= 0.3 is 5.97 Å². The molecule has 2 aromatic heterocycles. The average molecular weight is 587 g/mol. The molecule has 1 aliphatic carbocycles. The van der Waals surface area contributed by atoms with Crippen LogP contribution < -0.4 is 5.32 Å². The lowest BCUT2D eigenvalue weighted by molar-refractivity contribution is 0.0691. The van der Waals surface area contributed by atoms with Crippen molar-refractivity contribution in [2.75, 3.05) is 18.4 Å². The third kappa shape index (κ3) is 5.87. The van der Waals surface area contributed by atoms with Gasteiger partial charge in [0.15, 0.2) is 0 Å². The largest absolute Gasteiger partial charge is 0.478 e. The molecule has 0 unspecified atom stereocenters. The van der Waals surface area contributed by atoms with E-state index in [9.17, 15) is 14.4 Å². The molecule has 0 radical (unpaired) electrons. The minimum atomic E-state index is -0.948. The molecule has 2 aromatic carbocycles. The van der Waals surface area contributed by atoms with E-state index in [0.717, 1.165) is 46.7 Å². The number of nitrogens with zero attached hydrogens (tertiary/aromatic N) is 3. The lowest BCUT2D eigenvalue weighted by Gasteiger charge is -2.32. The molecular formula is C31H27ClN4O4S. The Bertz CT molecular complexity index is 1610. The number of nitrogens with one attached hydrogen (secondary N) is 1. The Hall–Kier alpha value is -4.08. The molecule has 1 saturated carbocycles. The maximum Gasteiger partial charge on any atom is 0.335 e. The van der Waals surface area contributed by atoms with E-state index >= 15 is 0 Å². The van der Waals surface area contributed by atoms with Crippen LogP contribution in [0.1, 0.15) is 79.3 Å². The number of anilines is 1. The number of thiazole rings is 1. The van der Waals surface area contributed by atoms with Gasteiger partial charge < -0.3 is 15.3 Å². The van der Waals surface area contributed by atoms with Crippen LogP contribution in [-0.4, -0.2) is 50.8 Å². The number of halogens is 1. The zero-order valence-corrected chi connectivity index (χ0v) is 23.6. The number of pyridine rings is 1. The fraction of sp³-hybridized carbons (Fsp3) is 0.258. The fourth-order valence-corrected chi connectivity index (χ4v) is 6.55. The molecule has 0 spiro atoms. The Balaban J connectivity index is 1.15. The number of rotatable bonds is 7. The summed E-state index contributed by atoms with van der Waals surface area (Å²) in [6.45, 7) is 1.10. The van der Waals surface area contributed by atoms with Crippen molar-refractivity contribution in [1.82, 2.24) is 14.9 Å². The molecule has 2 aliphatic rings. The second-order valence-corrected chi connectivity index (χ2v) is 11.8. The van der Waals surface area contributed by atoms with Gasteiger partial charge in [-0.2, -0.15) is 0 Å². The number of carboxylic acid groups (broad SMARTS) is 1. The number of hydrogen-bond acceptors (Lipinski definition) is 6.